The summed E-state index contributed by atoms with van der Waals surface area (Å²) in [5.41, 5.74) is 3.10. The number of nitrogens with zero attached hydrogens (tertiary/aromatic N) is 4. The average molecular weight is 445 g/mol. The molecule has 154 valence electrons. The Morgan fingerprint density at radius 3 is 2.67 bits per heavy atom. The molecule has 1 aromatic heterocycles. The number of aromatic nitrogens is 1. The largest absolute Gasteiger partial charge is 0.270 e. The SMILES string of the molecule is Cc1ccc2nc(Cl)c(C3CC(c4cccc([N+](=O)[O-])c4)=NN3S(C)(=O)=O)cc2c1. The van der Waals surface area contributed by atoms with Gasteiger partial charge in [-0.3, -0.25) is 10.1 Å². The van der Waals surface area contributed by atoms with E-state index in [0.717, 1.165) is 21.6 Å². The van der Waals surface area contributed by atoms with Crippen LogP contribution in [0.2, 0.25) is 5.15 Å². The summed E-state index contributed by atoms with van der Waals surface area (Å²) < 4.78 is 25.9. The summed E-state index contributed by atoms with van der Waals surface area (Å²) >= 11 is 6.43. The predicted octanol–water partition coefficient (Wildman–Crippen LogP) is 4.22. The van der Waals surface area contributed by atoms with Crippen LogP contribution in [0.15, 0.2) is 53.6 Å². The summed E-state index contributed by atoms with van der Waals surface area (Å²) in [5.74, 6) is 0. The van der Waals surface area contributed by atoms with Gasteiger partial charge in [-0.25, -0.2) is 13.4 Å². The molecule has 8 nitrogen and oxygen atoms in total. The van der Waals surface area contributed by atoms with Gasteiger partial charge >= 0.3 is 0 Å². The molecule has 1 aliphatic rings. The smallest absolute Gasteiger partial charge is 0.258 e. The number of rotatable bonds is 4. The minimum Gasteiger partial charge on any atom is -0.258 e. The fraction of sp³-hybridized carbons (Fsp3) is 0.200. The molecular weight excluding hydrogens is 428 g/mol. The van der Waals surface area contributed by atoms with Crippen molar-refractivity contribution in [1.29, 1.82) is 0 Å². The number of hydrogen-bond acceptors (Lipinski definition) is 6. The maximum absolute atomic E-state index is 12.4. The molecule has 30 heavy (non-hydrogen) atoms. The minimum absolute atomic E-state index is 0.0922. The zero-order valence-corrected chi connectivity index (χ0v) is 17.7. The van der Waals surface area contributed by atoms with Gasteiger partial charge in [0, 0.05) is 35.1 Å². The van der Waals surface area contributed by atoms with E-state index in [1.807, 2.05) is 31.2 Å². The Kier molecular flexibility index (Phi) is 4.95. The summed E-state index contributed by atoms with van der Waals surface area (Å²) in [4.78, 5) is 15.0. The molecule has 0 fully saturated rings. The van der Waals surface area contributed by atoms with Crippen LogP contribution >= 0.6 is 11.6 Å². The molecule has 2 aromatic carbocycles. The zero-order valence-electron chi connectivity index (χ0n) is 16.1. The molecule has 0 saturated carbocycles. The second kappa shape index (κ2) is 7.33. The molecule has 0 saturated heterocycles. The first-order valence-electron chi connectivity index (χ1n) is 9.02. The van der Waals surface area contributed by atoms with Crippen molar-refractivity contribution in [3.63, 3.8) is 0 Å². The third-order valence-electron chi connectivity index (χ3n) is 4.91. The first-order chi connectivity index (χ1) is 14.1. The maximum Gasteiger partial charge on any atom is 0.270 e. The highest BCUT2D eigenvalue weighted by Gasteiger charge is 2.36. The quantitative estimate of drug-likeness (QED) is 0.340. The normalized spacial score (nSPS) is 16.7. The highest BCUT2D eigenvalue weighted by atomic mass is 35.5. The van der Waals surface area contributed by atoms with Crippen molar-refractivity contribution >= 4 is 43.9 Å². The number of benzene rings is 2. The molecule has 1 aliphatic heterocycles. The van der Waals surface area contributed by atoms with Crippen LogP contribution in [0.1, 0.15) is 29.2 Å². The molecule has 0 N–H and O–H groups in total. The van der Waals surface area contributed by atoms with E-state index in [1.54, 1.807) is 12.1 Å². The molecule has 2 heterocycles. The van der Waals surface area contributed by atoms with Gasteiger partial charge < -0.3 is 0 Å². The molecule has 0 amide bonds. The summed E-state index contributed by atoms with van der Waals surface area (Å²) in [6.07, 6.45) is 1.28. The van der Waals surface area contributed by atoms with Crippen molar-refractivity contribution < 1.29 is 13.3 Å². The van der Waals surface area contributed by atoms with Crippen LogP contribution in [0.25, 0.3) is 10.9 Å². The van der Waals surface area contributed by atoms with E-state index < -0.39 is 21.0 Å². The molecule has 3 aromatic rings. The Balaban J connectivity index is 1.81. The van der Waals surface area contributed by atoms with Crippen molar-refractivity contribution in [2.45, 2.75) is 19.4 Å². The van der Waals surface area contributed by atoms with Crippen LogP contribution in [-0.4, -0.2) is 34.7 Å². The number of halogens is 1. The molecule has 0 spiro atoms. The number of aryl methyl sites for hydroxylation is 1. The van der Waals surface area contributed by atoms with E-state index in [0.29, 0.717) is 22.4 Å². The molecule has 10 heteroatoms. The fourth-order valence-corrected chi connectivity index (χ4v) is 4.69. The second-order valence-corrected chi connectivity index (χ2v) is 9.37. The lowest BCUT2D eigenvalue weighted by Gasteiger charge is -2.22. The van der Waals surface area contributed by atoms with E-state index in [-0.39, 0.29) is 17.3 Å². The van der Waals surface area contributed by atoms with Gasteiger partial charge in [0.2, 0.25) is 10.0 Å². The number of hydrogen-bond donors (Lipinski definition) is 0. The molecule has 1 atom stereocenters. The van der Waals surface area contributed by atoms with E-state index >= 15 is 0 Å². The van der Waals surface area contributed by atoms with Gasteiger partial charge in [0.05, 0.1) is 28.4 Å². The molecule has 4 rings (SSSR count). The van der Waals surface area contributed by atoms with E-state index in [2.05, 4.69) is 10.1 Å². The third-order valence-corrected chi connectivity index (χ3v) is 6.23. The Morgan fingerprint density at radius 2 is 1.97 bits per heavy atom. The van der Waals surface area contributed by atoms with Crippen LogP contribution in [0.3, 0.4) is 0 Å². The lowest BCUT2D eigenvalue weighted by atomic mass is 9.98. The van der Waals surface area contributed by atoms with Crippen molar-refractivity contribution in [3.05, 3.63) is 80.5 Å². The van der Waals surface area contributed by atoms with Gasteiger partial charge in [-0.15, -0.1) is 0 Å². The second-order valence-electron chi connectivity index (χ2n) is 7.17. The summed E-state index contributed by atoms with van der Waals surface area (Å²) in [6.45, 7) is 1.95. The lowest BCUT2D eigenvalue weighted by Crippen LogP contribution is -2.26. The molecule has 0 radical (unpaired) electrons. The van der Waals surface area contributed by atoms with E-state index in [9.17, 15) is 18.5 Å². The van der Waals surface area contributed by atoms with E-state index in [1.165, 1.54) is 12.1 Å². The Labute approximate surface area is 178 Å². The lowest BCUT2D eigenvalue weighted by molar-refractivity contribution is -0.384. The van der Waals surface area contributed by atoms with Crippen LogP contribution < -0.4 is 0 Å². The Hall–Kier alpha value is -3.04. The van der Waals surface area contributed by atoms with Crippen molar-refractivity contribution in [3.8, 4) is 0 Å². The number of hydrazone groups is 1. The van der Waals surface area contributed by atoms with Gasteiger partial charge in [-0.05, 0) is 25.1 Å². The molecule has 1 unspecified atom stereocenters. The van der Waals surface area contributed by atoms with Crippen LogP contribution in [-0.2, 0) is 10.0 Å². The predicted molar refractivity (Wildman–Crippen MR) is 115 cm³/mol. The highest BCUT2D eigenvalue weighted by Crippen LogP contribution is 2.38. The van der Waals surface area contributed by atoms with Crippen LogP contribution in [0.5, 0.6) is 0 Å². The van der Waals surface area contributed by atoms with Gasteiger partial charge in [-0.1, -0.05) is 35.4 Å². The van der Waals surface area contributed by atoms with Gasteiger partial charge in [0.1, 0.15) is 5.15 Å². The van der Waals surface area contributed by atoms with Crippen molar-refractivity contribution in [2.24, 2.45) is 5.10 Å². The summed E-state index contributed by atoms with van der Waals surface area (Å²) in [5, 5.41) is 16.4. The van der Waals surface area contributed by atoms with Gasteiger partial charge in [0.15, 0.2) is 0 Å². The maximum atomic E-state index is 12.4. The number of sulfonamides is 1. The minimum atomic E-state index is -3.72. The number of nitro benzene ring substituents is 1. The van der Waals surface area contributed by atoms with Crippen molar-refractivity contribution in [1.82, 2.24) is 9.40 Å². The van der Waals surface area contributed by atoms with Crippen molar-refractivity contribution in [2.75, 3.05) is 6.26 Å². The Bertz CT molecular complexity index is 1320. The topological polar surface area (TPSA) is 106 Å². The number of fused-ring (bicyclic) bond motifs is 1. The summed E-state index contributed by atoms with van der Waals surface area (Å²) in [7, 11) is -3.72. The first-order valence-corrected chi connectivity index (χ1v) is 11.2. The average Bonchev–Trinajstić information content (AvgIpc) is 3.13. The number of nitro groups is 1. The third kappa shape index (κ3) is 3.73. The van der Waals surface area contributed by atoms with Gasteiger partial charge in [-0.2, -0.15) is 9.52 Å². The Morgan fingerprint density at radius 1 is 1.20 bits per heavy atom. The highest BCUT2D eigenvalue weighted by molar-refractivity contribution is 7.88. The number of non-ortho nitro benzene ring substituents is 1. The standard InChI is InChI=1S/C20H17ClN4O4S/c1-12-6-7-17-14(8-12)10-16(20(21)22-17)19-11-18(23-24(19)30(2,28)29)13-4-3-5-15(9-13)25(26)27/h3-10,19H,11H2,1-2H3. The fourth-order valence-electron chi connectivity index (χ4n) is 3.52. The van der Waals surface area contributed by atoms with Crippen LogP contribution in [0, 0.1) is 17.0 Å². The van der Waals surface area contributed by atoms with Crippen LogP contribution in [0.4, 0.5) is 5.69 Å². The monoisotopic (exact) mass is 444 g/mol. The first kappa shape index (κ1) is 20.2. The van der Waals surface area contributed by atoms with Gasteiger partial charge in [0.25, 0.3) is 5.69 Å². The molecular formula is C20H17ClN4O4S. The number of pyridine rings is 1. The summed E-state index contributed by atoms with van der Waals surface area (Å²) in [6, 6.07) is 12.8. The molecule has 0 bridgehead atoms. The molecule has 0 aliphatic carbocycles. The zero-order chi connectivity index (χ0) is 21.6. The van der Waals surface area contributed by atoms with E-state index in [4.69, 9.17) is 11.6 Å².